The van der Waals surface area contributed by atoms with Crippen molar-refractivity contribution in [2.75, 3.05) is 4.90 Å². The molecular formula is C54H41NO. The predicted octanol–water partition coefficient (Wildman–Crippen LogP) is 15.0. The quantitative estimate of drug-likeness (QED) is 0.176. The fourth-order valence-corrected chi connectivity index (χ4v) is 9.91. The van der Waals surface area contributed by atoms with E-state index in [2.05, 4.69) is 202 Å². The van der Waals surface area contributed by atoms with E-state index in [1.807, 2.05) is 6.07 Å². The van der Waals surface area contributed by atoms with Gasteiger partial charge in [0.1, 0.15) is 11.2 Å². The van der Waals surface area contributed by atoms with Crippen molar-refractivity contribution in [3.63, 3.8) is 0 Å². The number of fused-ring (bicyclic) bond motifs is 9. The Kier molecular flexibility index (Phi) is 6.98. The summed E-state index contributed by atoms with van der Waals surface area (Å²) in [5, 5.41) is 2.26. The summed E-state index contributed by atoms with van der Waals surface area (Å²) in [5.74, 6) is 0. The lowest BCUT2D eigenvalue weighted by atomic mass is 9.81. The van der Waals surface area contributed by atoms with Crippen molar-refractivity contribution >= 4 is 39.0 Å². The van der Waals surface area contributed by atoms with Gasteiger partial charge in [0.15, 0.2) is 0 Å². The van der Waals surface area contributed by atoms with Crippen LogP contribution < -0.4 is 4.90 Å². The van der Waals surface area contributed by atoms with Crippen LogP contribution >= 0.6 is 0 Å². The molecule has 0 aliphatic heterocycles. The zero-order valence-electron chi connectivity index (χ0n) is 32.1. The van der Waals surface area contributed by atoms with Crippen LogP contribution in [0.1, 0.15) is 49.9 Å². The minimum Gasteiger partial charge on any atom is -0.456 e. The monoisotopic (exact) mass is 719 g/mol. The Morgan fingerprint density at radius 1 is 0.393 bits per heavy atom. The van der Waals surface area contributed by atoms with Crippen LogP contribution in [0.15, 0.2) is 180 Å². The molecule has 0 saturated carbocycles. The Labute approximate surface area is 328 Å². The molecular weight excluding hydrogens is 679 g/mol. The molecule has 0 saturated heterocycles. The standard InChI is InChI=1S/C54H41NO/c1-53(2)44-21-10-6-17-41(44)52-45(53)22-14-24-48(52)55(47-23-11-7-16-39(47)40-19-13-26-50-51(40)42-18-8-12-25-49(42)56-50)36-30-27-34(28-31-36)35-29-32-38-37-15-5-9-20-43(37)54(3,4)46(38)33-35/h5-33H,1-4H3. The van der Waals surface area contributed by atoms with Gasteiger partial charge in [-0.3, -0.25) is 0 Å². The van der Waals surface area contributed by atoms with Crippen LogP contribution in [0.2, 0.25) is 0 Å². The van der Waals surface area contributed by atoms with E-state index in [0.717, 1.165) is 44.4 Å². The predicted molar refractivity (Wildman–Crippen MR) is 234 cm³/mol. The first-order valence-corrected chi connectivity index (χ1v) is 19.7. The Morgan fingerprint density at radius 2 is 0.946 bits per heavy atom. The number of furan rings is 1. The number of anilines is 3. The van der Waals surface area contributed by atoms with Crippen LogP contribution in [0.25, 0.3) is 66.4 Å². The fraction of sp³-hybridized carbons (Fsp3) is 0.111. The highest BCUT2D eigenvalue weighted by Crippen LogP contribution is 2.55. The Morgan fingerprint density at radius 3 is 1.77 bits per heavy atom. The topological polar surface area (TPSA) is 16.4 Å². The summed E-state index contributed by atoms with van der Waals surface area (Å²) >= 11 is 0. The third-order valence-corrected chi connectivity index (χ3v) is 12.7. The molecule has 1 heterocycles. The summed E-state index contributed by atoms with van der Waals surface area (Å²) in [6.45, 7) is 9.42. The molecule has 9 aromatic rings. The highest BCUT2D eigenvalue weighted by molar-refractivity contribution is 6.14. The second-order valence-electron chi connectivity index (χ2n) is 16.5. The molecule has 1 aromatic heterocycles. The Balaban J connectivity index is 1.11. The molecule has 2 aliphatic carbocycles. The molecule has 0 spiro atoms. The summed E-state index contributed by atoms with van der Waals surface area (Å²) < 4.78 is 6.41. The normalized spacial score (nSPS) is 14.4. The largest absolute Gasteiger partial charge is 0.456 e. The van der Waals surface area contributed by atoms with Gasteiger partial charge in [-0.15, -0.1) is 0 Å². The fourth-order valence-electron chi connectivity index (χ4n) is 9.91. The third kappa shape index (κ3) is 4.62. The molecule has 268 valence electrons. The number of hydrogen-bond acceptors (Lipinski definition) is 2. The first kappa shape index (κ1) is 32.8. The van der Waals surface area contributed by atoms with E-state index in [9.17, 15) is 0 Å². The summed E-state index contributed by atoms with van der Waals surface area (Å²) in [6.07, 6.45) is 0. The van der Waals surface area contributed by atoms with Gasteiger partial charge in [-0.05, 0) is 98.1 Å². The van der Waals surface area contributed by atoms with Crippen molar-refractivity contribution in [1.82, 2.24) is 0 Å². The molecule has 0 bridgehead atoms. The molecule has 11 rings (SSSR count). The molecule has 8 aromatic carbocycles. The van der Waals surface area contributed by atoms with Gasteiger partial charge in [0, 0.05) is 38.4 Å². The number of hydrogen-bond donors (Lipinski definition) is 0. The SMILES string of the molecule is CC1(C)c2ccccc2-c2ccc(-c3ccc(N(c4ccccc4-c4cccc5oc6ccccc6c45)c4cccc5c4-c4ccccc4C5(C)C)cc3)cc21. The molecule has 0 atom stereocenters. The van der Waals surface area contributed by atoms with Crippen LogP contribution in [-0.2, 0) is 10.8 Å². The maximum absolute atomic E-state index is 6.41. The molecule has 0 unspecified atom stereocenters. The first-order valence-electron chi connectivity index (χ1n) is 19.7. The maximum atomic E-state index is 6.41. The number of para-hydroxylation sites is 2. The lowest BCUT2D eigenvalue weighted by molar-refractivity contribution is 0.660. The molecule has 0 radical (unpaired) electrons. The molecule has 0 N–H and O–H groups in total. The minimum absolute atomic E-state index is 0.0523. The average Bonchev–Trinajstić information content (AvgIpc) is 3.82. The molecule has 0 fully saturated rings. The van der Waals surface area contributed by atoms with Gasteiger partial charge < -0.3 is 9.32 Å². The smallest absolute Gasteiger partial charge is 0.136 e. The van der Waals surface area contributed by atoms with Gasteiger partial charge in [-0.25, -0.2) is 0 Å². The summed E-state index contributed by atoms with van der Waals surface area (Å²) in [6, 6.07) is 64.6. The van der Waals surface area contributed by atoms with Gasteiger partial charge in [0.25, 0.3) is 0 Å². The van der Waals surface area contributed by atoms with E-state index in [4.69, 9.17) is 4.42 Å². The van der Waals surface area contributed by atoms with Gasteiger partial charge in [0.05, 0.1) is 11.4 Å². The highest BCUT2D eigenvalue weighted by Gasteiger charge is 2.38. The second kappa shape index (κ2) is 11.9. The molecule has 56 heavy (non-hydrogen) atoms. The molecule has 0 amide bonds. The Bertz CT molecular complexity index is 3030. The minimum atomic E-state index is -0.126. The van der Waals surface area contributed by atoms with Crippen molar-refractivity contribution in [2.24, 2.45) is 0 Å². The van der Waals surface area contributed by atoms with Gasteiger partial charge in [0.2, 0.25) is 0 Å². The lowest BCUT2D eigenvalue weighted by Gasteiger charge is -2.31. The number of nitrogens with zero attached hydrogens (tertiary/aromatic N) is 1. The van der Waals surface area contributed by atoms with E-state index in [1.54, 1.807) is 0 Å². The zero-order valence-corrected chi connectivity index (χ0v) is 32.1. The molecule has 2 nitrogen and oxygen atoms in total. The van der Waals surface area contributed by atoms with E-state index in [1.165, 1.54) is 61.3 Å². The van der Waals surface area contributed by atoms with Crippen molar-refractivity contribution in [2.45, 2.75) is 38.5 Å². The van der Waals surface area contributed by atoms with Crippen molar-refractivity contribution in [1.29, 1.82) is 0 Å². The van der Waals surface area contributed by atoms with Crippen LogP contribution in [0.5, 0.6) is 0 Å². The highest BCUT2D eigenvalue weighted by atomic mass is 16.3. The zero-order chi connectivity index (χ0) is 37.8. The number of benzene rings is 8. The van der Waals surface area contributed by atoms with Crippen LogP contribution in [-0.4, -0.2) is 0 Å². The van der Waals surface area contributed by atoms with Crippen molar-refractivity contribution < 1.29 is 4.42 Å². The van der Waals surface area contributed by atoms with Gasteiger partial charge in [-0.1, -0.05) is 161 Å². The average molecular weight is 720 g/mol. The summed E-state index contributed by atoms with van der Waals surface area (Å²) in [4.78, 5) is 2.49. The molecule has 2 aliphatic rings. The first-order chi connectivity index (χ1) is 27.3. The maximum Gasteiger partial charge on any atom is 0.136 e. The second-order valence-corrected chi connectivity index (χ2v) is 16.5. The third-order valence-electron chi connectivity index (χ3n) is 12.7. The van der Waals surface area contributed by atoms with Crippen molar-refractivity contribution in [3.8, 4) is 44.5 Å². The van der Waals surface area contributed by atoms with E-state index < -0.39 is 0 Å². The summed E-state index contributed by atoms with van der Waals surface area (Å²) in [5.41, 5.74) is 20.5. The number of rotatable bonds is 5. The van der Waals surface area contributed by atoms with E-state index in [0.29, 0.717) is 0 Å². The molecule has 2 heteroatoms. The van der Waals surface area contributed by atoms with Gasteiger partial charge in [-0.2, -0.15) is 0 Å². The summed E-state index contributed by atoms with van der Waals surface area (Å²) in [7, 11) is 0. The lowest BCUT2D eigenvalue weighted by Crippen LogP contribution is -2.16. The van der Waals surface area contributed by atoms with E-state index >= 15 is 0 Å². The Hall–Kier alpha value is -6.64. The van der Waals surface area contributed by atoms with Gasteiger partial charge >= 0.3 is 0 Å². The van der Waals surface area contributed by atoms with Crippen LogP contribution in [0.4, 0.5) is 17.1 Å². The van der Waals surface area contributed by atoms with Crippen molar-refractivity contribution in [3.05, 3.63) is 198 Å². The van der Waals surface area contributed by atoms with Crippen LogP contribution in [0, 0.1) is 0 Å². The van der Waals surface area contributed by atoms with Crippen LogP contribution in [0.3, 0.4) is 0 Å². The van der Waals surface area contributed by atoms with E-state index in [-0.39, 0.29) is 10.8 Å².